The van der Waals surface area contributed by atoms with Crippen LogP contribution >= 0.6 is 0 Å². The SMILES string of the molecule is COc1ccc(OC)c(N2C(=O)c3cc4occc4n3C[C@]2(C)C(=O)N[C@@H]2CCCC[C@H]2C)c1. The van der Waals surface area contributed by atoms with Gasteiger partial charge in [-0.3, -0.25) is 14.5 Å². The Hall–Kier alpha value is -3.42. The molecule has 5 rings (SSSR count). The number of methoxy groups -OCH3 is 2. The summed E-state index contributed by atoms with van der Waals surface area (Å²) >= 11 is 0. The van der Waals surface area contributed by atoms with Crippen molar-refractivity contribution < 1.29 is 23.5 Å². The maximum atomic E-state index is 14.0. The van der Waals surface area contributed by atoms with Gasteiger partial charge >= 0.3 is 0 Å². The Kier molecular flexibility index (Phi) is 5.54. The molecule has 0 spiro atoms. The van der Waals surface area contributed by atoms with Crippen molar-refractivity contribution in [1.29, 1.82) is 0 Å². The fourth-order valence-corrected chi connectivity index (χ4v) is 5.42. The van der Waals surface area contributed by atoms with E-state index in [2.05, 4.69) is 12.2 Å². The molecule has 2 aliphatic rings. The van der Waals surface area contributed by atoms with Crippen LogP contribution in [0.1, 0.15) is 50.0 Å². The van der Waals surface area contributed by atoms with Gasteiger partial charge in [0.25, 0.3) is 5.91 Å². The van der Waals surface area contributed by atoms with Gasteiger partial charge in [0.1, 0.15) is 22.7 Å². The second-order valence-corrected chi connectivity index (χ2v) is 9.58. The molecule has 34 heavy (non-hydrogen) atoms. The van der Waals surface area contributed by atoms with Crippen LogP contribution in [0, 0.1) is 5.92 Å². The lowest BCUT2D eigenvalue weighted by Gasteiger charge is -2.45. The molecule has 0 radical (unpaired) electrons. The summed E-state index contributed by atoms with van der Waals surface area (Å²) in [6.07, 6.45) is 5.91. The van der Waals surface area contributed by atoms with Crippen molar-refractivity contribution in [2.75, 3.05) is 19.1 Å². The predicted octanol–water partition coefficient (Wildman–Crippen LogP) is 4.37. The number of hydrogen-bond donors (Lipinski definition) is 1. The number of nitrogens with zero attached hydrogens (tertiary/aromatic N) is 2. The van der Waals surface area contributed by atoms with E-state index in [0.29, 0.717) is 34.4 Å². The molecule has 3 aromatic rings. The summed E-state index contributed by atoms with van der Waals surface area (Å²) in [7, 11) is 3.12. The molecule has 3 heterocycles. The minimum atomic E-state index is -1.20. The maximum absolute atomic E-state index is 14.0. The molecule has 1 N–H and O–H groups in total. The summed E-state index contributed by atoms with van der Waals surface area (Å²) in [5, 5.41) is 3.29. The first kappa shape index (κ1) is 22.4. The van der Waals surface area contributed by atoms with Gasteiger partial charge in [-0.2, -0.15) is 0 Å². The molecule has 0 bridgehead atoms. The number of aromatic nitrogens is 1. The molecule has 1 aliphatic heterocycles. The average Bonchev–Trinajstić information content (AvgIpc) is 3.43. The standard InChI is InChI=1S/C26H31N3O5/c1-16-7-5-6-8-18(16)27-25(31)26(2)15-28-19-11-12-34-23(19)14-21(28)24(30)29(26)20-13-17(32-3)9-10-22(20)33-4/h9-14,16,18H,5-8,15H2,1-4H3,(H,27,31)/t16-,18-,26-/m1/s1. The van der Waals surface area contributed by atoms with Crippen LogP contribution in [0.4, 0.5) is 5.69 Å². The van der Waals surface area contributed by atoms with Crippen molar-refractivity contribution in [2.45, 2.75) is 57.7 Å². The molecule has 0 saturated heterocycles. The first-order valence-electron chi connectivity index (χ1n) is 11.8. The molecule has 1 aromatic carbocycles. The smallest absolute Gasteiger partial charge is 0.276 e. The predicted molar refractivity (Wildman–Crippen MR) is 129 cm³/mol. The number of fused-ring (bicyclic) bond motifs is 3. The van der Waals surface area contributed by atoms with Crippen molar-refractivity contribution in [3.63, 3.8) is 0 Å². The Morgan fingerprint density at radius 1 is 1.15 bits per heavy atom. The summed E-state index contributed by atoms with van der Waals surface area (Å²) in [5.74, 6) is 0.979. The first-order valence-corrected chi connectivity index (χ1v) is 11.8. The van der Waals surface area contributed by atoms with Crippen LogP contribution in [0.2, 0.25) is 0 Å². The molecule has 1 aliphatic carbocycles. The van der Waals surface area contributed by atoms with Gasteiger partial charge in [0.15, 0.2) is 5.58 Å². The minimum absolute atomic E-state index is 0.0854. The number of anilines is 1. The Morgan fingerprint density at radius 3 is 2.68 bits per heavy atom. The quantitative estimate of drug-likeness (QED) is 0.605. The molecule has 8 nitrogen and oxygen atoms in total. The molecule has 180 valence electrons. The average molecular weight is 466 g/mol. The van der Waals surface area contributed by atoms with Crippen LogP contribution in [-0.2, 0) is 11.3 Å². The number of carbonyl (C=O) groups is 2. The number of nitrogens with one attached hydrogen (secondary N) is 1. The molecule has 1 saturated carbocycles. The Labute approximate surface area is 198 Å². The van der Waals surface area contributed by atoms with Gasteiger partial charge in [0.05, 0.1) is 38.2 Å². The Morgan fingerprint density at radius 2 is 1.94 bits per heavy atom. The van der Waals surface area contributed by atoms with E-state index in [1.165, 1.54) is 6.42 Å². The van der Waals surface area contributed by atoms with Gasteiger partial charge in [0.2, 0.25) is 5.91 Å². The van der Waals surface area contributed by atoms with Crippen molar-refractivity contribution in [3.8, 4) is 11.5 Å². The van der Waals surface area contributed by atoms with E-state index < -0.39 is 5.54 Å². The zero-order valence-corrected chi connectivity index (χ0v) is 20.1. The monoisotopic (exact) mass is 465 g/mol. The highest BCUT2D eigenvalue weighted by Gasteiger charge is 2.50. The van der Waals surface area contributed by atoms with E-state index in [9.17, 15) is 9.59 Å². The van der Waals surface area contributed by atoms with Gasteiger partial charge < -0.3 is 23.8 Å². The molecule has 3 atom stereocenters. The number of carbonyl (C=O) groups excluding carboxylic acids is 2. The fourth-order valence-electron chi connectivity index (χ4n) is 5.42. The van der Waals surface area contributed by atoms with Gasteiger partial charge in [-0.25, -0.2) is 0 Å². The minimum Gasteiger partial charge on any atom is -0.497 e. The molecule has 2 aromatic heterocycles. The van der Waals surface area contributed by atoms with Crippen LogP contribution in [0.5, 0.6) is 11.5 Å². The summed E-state index contributed by atoms with van der Waals surface area (Å²) in [5.41, 5.74) is 1.17. The molecular formula is C26H31N3O5. The van der Waals surface area contributed by atoms with Crippen molar-refractivity contribution in [1.82, 2.24) is 9.88 Å². The third-order valence-corrected chi connectivity index (χ3v) is 7.45. The molecule has 8 heteroatoms. The Balaban J connectivity index is 1.64. The van der Waals surface area contributed by atoms with E-state index in [4.69, 9.17) is 13.9 Å². The largest absolute Gasteiger partial charge is 0.497 e. The van der Waals surface area contributed by atoms with Gasteiger partial charge in [0, 0.05) is 24.2 Å². The summed E-state index contributed by atoms with van der Waals surface area (Å²) in [6, 6.07) is 8.92. The third kappa shape index (κ3) is 3.43. The van der Waals surface area contributed by atoms with Crippen molar-refractivity contribution in [2.24, 2.45) is 5.92 Å². The molecule has 0 unspecified atom stereocenters. The lowest BCUT2D eigenvalue weighted by molar-refractivity contribution is -0.127. The topological polar surface area (TPSA) is 85.9 Å². The van der Waals surface area contributed by atoms with Crippen LogP contribution < -0.4 is 19.7 Å². The maximum Gasteiger partial charge on any atom is 0.276 e. The summed E-state index contributed by atoms with van der Waals surface area (Å²) in [6.45, 7) is 4.28. The molecule has 2 amide bonds. The van der Waals surface area contributed by atoms with E-state index in [1.54, 1.807) is 49.6 Å². The second kappa shape index (κ2) is 8.42. The Bertz CT molecular complexity index is 1240. The summed E-state index contributed by atoms with van der Waals surface area (Å²) < 4.78 is 18.5. The molecule has 1 fully saturated rings. The van der Waals surface area contributed by atoms with Gasteiger partial charge in [-0.15, -0.1) is 0 Å². The number of furan rings is 1. The summed E-state index contributed by atoms with van der Waals surface area (Å²) in [4.78, 5) is 29.6. The lowest BCUT2D eigenvalue weighted by Crippen LogP contribution is -2.65. The number of ether oxygens (including phenoxy) is 2. The van der Waals surface area contributed by atoms with E-state index in [1.807, 2.05) is 17.6 Å². The van der Waals surface area contributed by atoms with Crippen LogP contribution in [0.25, 0.3) is 11.1 Å². The third-order valence-electron chi connectivity index (χ3n) is 7.45. The number of amides is 2. The fraction of sp³-hybridized carbons (Fsp3) is 0.462. The van der Waals surface area contributed by atoms with E-state index in [0.717, 1.165) is 24.8 Å². The molecular weight excluding hydrogens is 434 g/mol. The second-order valence-electron chi connectivity index (χ2n) is 9.58. The van der Waals surface area contributed by atoms with Crippen molar-refractivity contribution in [3.05, 3.63) is 42.3 Å². The first-order chi connectivity index (χ1) is 16.4. The van der Waals surface area contributed by atoms with Gasteiger partial charge in [-0.1, -0.05) is 19.8 Å². The lowest BCUT2D eigenvalue weighted by atomic mass is 9.84. The normalized spacial score (nSPS) is 24.7. The van der Waals surface area contributed by atoms with Crippen LogP contribution in [0.3, 0.4) is 0 Å². The van der Waals surface area contributed by atoms with Crippen LogP contribution in [-0.4, -0.2) is 42.2 Å². The number of hydrogen-bond acceptors (Lipinski definition) is 5. The van der Waals surface area contributed by atoms with Crippen molar-refractivity contribution >= 4 is 28.6 Å². The zero-order chi connectivity index (χ0) is 24.0. The highest BCUT2D eigenvalue weighted by atomic mass is 16.5. The number of benzene rings is 1. The highest BCUT2D eigenvalue weighted by Crippen LogP contribution is 2.42. The van der Waals surface area contributed by atoms with Gasteiger partial charge in [-0.05, 0) is 37.8 Å². The zero-order valence-electron chi connectivity index (χ0n) is 20.1. The highest BCUT2D eigenvalue weighted by molar-refractivity contribution is 6.14. The van der Waals surface area contributed by atoms with E-state index in [-0.39, 0.29) is 24.4 Å². The number of rotatable bonds is 5. The van der Waals surface area contributed by atoms with Crippen LogP contribution in [0.15, 0.2) is 41.0 Å². The van der Waals surface area contributed by atoms with E-state index >= 15 is 0 Å².